The molecular formula is C19H22N3O7-. The van der Waals surface area contributed by atoms with E-state index < -0.39 is 29.6 Å². The molecule has 5 N–H and O–H groups in total. The fourth-order valence-corrected chi connectivity index (χ4v) is 2.94. The molecule has 10 heteroatoms. The minimum Gasteiger partial charge on any atom is -0.548 e. The van der Waals surface area contributed by atoms with Gasteiger partial charge in [0, 0.05) is 30.0 Å². The van der Waals surface area contributed by atoms with E-state index in [9.17, 15) is 29.4 Å². The standard InChI is InChI=1S/C19H23N3O7/c1-10-12-5-4-11(23)9-15(12)29-18(27)13(10)6-7-16(24)22-14(17(25)26)3-2-8-21-19(20)28/h4-5,9,14,23H,2-3,6-8H2,1H3,(H,22,24)(H,25,26)(H3,20,21,28)/p-1/t14-/m0/s1. The van der Waals surface area contributed by atoms with E-state index in [4.69, 9.17) is 10.2 Å². The number of nitrogens with two attached hydrogens (primary N) is 1. The number of benzene rings is 1. The summed E-state index contributed by atoms with van der Waals surface area (Å²) in [7, 11) is 0. The molecule has 0 aliphatic heterocycles. The topological polar surface area (TPSA) is 175 Å². The van der Waals surface area contributed by atoms with Crippen LogP contribution in [-0.4, -0.2) is 35.6 Å². The Kier molecular flexibility index (Phi) is 7.18. The van der Waals surface area contributed by atoms with Crippen molar-refractivity contribution in [3.05, 3.63) is 39.7 Å². The Morgan fingerprint density at radius 1 is 1.31 bits per heavy atom. The van der Waals surface area contributed by atoms with Crippen LogP contribution in [-0.2, 0) is 16.0 Å². The predicted octanol–water partition coefficient (Wildman–Crippen LogP) is -0.577. The molecular weight excluding hydrogens is 382 g/mol. The summed E-state index contributed by atoms with van der Waals surface area (Å²) in [6.07, 6.45) is 0.259. The first-order valence-corrected chi connectivity index (χ1v) is 8.98. The van der Waals surface area contributed by atoms with E-state index in [2.05, 4.69) is 10.6 Å². The zero-order valence-electron chi connectivity index (χ0n) is 15.8. The molecule has 10 nitrogen and oxygen atoms in total. The number of carbonyl (C=O) groups excluding carboxylic acids is 3. The molecule has 0 fully saturated rings. The Bertz CT molecular complexity index is 984. The average molecular weight is 404 g/mol. The number of phenols is 1. The minimum absolute atomic E-state index is 0.0356. The van der Waals surface area contributed by atoms with Crippen LogP contribution in [0, 0.1) is 6.92 Å². The van der Waals surface area contributed by atoms with Crippen molar-refractivity contribution in [2.24, 2.45) is 5.73 Å². The number of amides is 3. The van der Waals surface area contributed by atoms with Gasteiger partial charge in [0.2, 0.25) is 5.91 Å². The van der Waals surface area contributed by atoms with Gasteiger partial charge in [-0.25, -0.2) is 9.59 Å². The van der Waals surface area contributed by atoms with E-state index in [1.807, 2.05) is 0 Å². The molecule has 0 radical (unpaired) electrons. The van der Waals surface area contributed by atoms with Gasteiger partial charge in [-0.15, -0.1) is 0 Å². The summed E-state index contributed by atoms with van der Waals surface area (Å²) in [5.74, 6) is -2.04. The van der Waals surface area contributed by atoms with Crippen molar-refractivity contribution < 1.29 is 29.0 Å². The van der Waals surface area contributed by atoms with Gasteiger partial charge in [0.25, 0.3) is 0 Å². The molecule has 0 saturated heterocycles. The lowest BCUT2D eigenvalue weighted by molar-refractivity contribution is -0.308. The number of carboxylic acid groups (broad SMARTS) is 1. The molecule has 29 heavy (non-hydrogen) atoms. The van der Waals surface area contributed by atoms with Crippen LogP contribution < -0.4 is 27.1 Å². The lowest BCUT2D eigenvalue weighted by Crippen LogP contribution is -2.48. The van der Waals surface area contributed by atoms with Crippen LogP contribution in [0.25, 0.3) is 11.0 Å². The van der Waals surface area contributed by atoms with Crippen molar-refractivity contribution in [3.8, 4) is 5.75 Å². The van der Waals surface area contributed by atoms with E-state index in [1.54, 1.807) is 13.0 Å². The molecule has 2 rings (SSSR count). The number of phenolic OH excluding ortho intramolecular Hbond substituents is 1. The Labute approximate surface area is 165 Å². The number of fused-ring (bicyclic) bond motifs is 1. The van der Waals surface area contributed by atoms with E-state index in [-0.39, 0.29) is 43.6 Å². The third kappa shape index (κ3) is 5.96. The number of aliphatic carboxylic acids is 1. The number of hydrogen-bond acceptors (Lipinski definition) is 7. The van der Waals surface area contributed by atoms with Crippen LogP contribution in [0.2, 0.25) is 0 Å². The molecule has 3 amide bonds. The third-order valence-corrected chi connectivity index (χ3v) is 4.46. The first-order chi connectivity index (χ1) is 13.7. The zero-order chi connectivity index (χ0) is 21.6. The van der Waals surface area contributed by atoms with Gasteiger partial charge in [0.05, 0.1) is 12.0 Å². The molecule has 1 aromatic carbocycles. The van der Waals surface area contributed by atoms with E-state index in [0.29, 0.717) is 16.5 Å². The van der Waals surface area contributed by atoms with Crippen molar-refractivity contribution in [2.45, 2.75) is 38.6 Å². The van der Waals surface area contributed by atoms with Crippen LogP contribution in [0.5, 0.6) is 5.75 Å². The lowest BCUT2D eigenvalue weighted by Gasteiger charge is -2.19. The van der Waals surface area contributed by atoms with Crippen molar-refractivity contribution in [1.82, 2.24) is 10.6 Å². The predicted molar refractivity (Wildman–Crippen MR) is 101 cm³/mol. The molecule has 156 valence electrons. The van der Waals surface area contributed by atoms with Crippen molar-refractivity contribution in [1.29, 1.82) is 0 Å². The Hall–Kier alpha value is -3.56. The van der Waals surface area contributed by atoms with Crippen LogP contribution >= 0.6 is 0 Å². The highest BCUT2D eigenvalue weighted by Crippen LogP contribution is 2.23. The number of aryl methyl sites for hydroxylation is 1. The van der Waals surface area contributed by atoms with Crippen molar-refractivity contribution >= 4 is 28.9 Å². The number of carbonyl (C=O) groups is 3. The van der Waals surface area contributed by atoms with Gasteiger partial charge in [-0.3, -0.25) is 4.79 Å². The molecule has 0 aliphatic carbocycles. The summed E-state index contributed by atoms with van der Waals surface area (Å²) in [6.45, 7) is 1.88. The maximum absolute atomic E-state index is 12.2. The van der Waals surface area contributed by atoms with E-state index >= 15 is 0 Å². The van der Waals surface area contributed by atoms with Crippen LogP contribution in [0.3, 0.4) is 0 Å². The molecule has 0 saturated carbocycles. The highest BCUT2D eigenvalue weighted by molar-refractivity contribution is 5.84. The van der Waals surface area contributed by atoms with E-state index in [0.717, 1.165) is 0 Å². The first-order valence-electron chi connectivity index (χ1n) is 8.98. The molecule has 0 spiro atoms. The highest BCUT2D eigenvalue weighted by Gasteiger charge is 2.16. The van der Waals surface area contributed by atoms with Crippen molar-refractivity contribution in [3.63, 3.8) is 0 Å². The van der Waals surface area contributed by atoms with Gasteiger partial charge in [-0.2, -0.15) is 0 Å². The quantitative estimate of drug-likeness (QED) is 0.319. The lowest BCUT2D eigenvalue weighted by atomic mass is 10.0. The second kappa shape index (κ2) is 9.58. The number of hydrogen-bond donors (Lipinski definition) is 4. The molecule has 1 atom stereocenters. The normalized spacial score (nSPS) is 11.8. The van der Waals surface area contributed by atoms with E-state index in [1.165, 1.54) is 12.1 Å². The number of rotatable bonds is 9. The Morgan fingerprint density at radius 2 is 2.03 bits per heavy atom. The zero-order valence-corrected chi connectivity index (χ0v) is 15.8. The smallest absolute Gasteiger partial charge is 0.339 e. The molecule has 0 unspecified atom stereocenters. The molecule has 0 bridgehead atoms. The number of urea groups is 1. The fraction of sp³-hybridized carbons (Fsp3) is 0.368. The first kappa shape index (κ1) is 21.7. The van der Waals surface area contributed by atoms with Gasteiger partial charge < -0.3 is 35.8 Å². The van der Waals surface area contributed by atoms with Crippen molar-refractivity contribution in [2.75, 3.05) is 6.54 Å². The van der Waals surface area contributed by atoms with Gasteiger partial charge >= 0.3 is 11.7 Å². The van der Waals surface area contributed by atoms with Gasteiger partial charge in [-0.05, 0) is 43.9 Å². The molecule has 1 heterocycles. The van der Waals surface area contributed by atoms with Crippen LogP contribution in [0.4, 0.5) is 4.79 Å². The summed E-state index contributed by atoms with van der Waals surface area (Å²) >= 11 is 0. The largest absolute Gasteiger partial charge is 0.548 e. The third-order valence-electron chi connectivity index (χ3n) is 4.46. The monoisotopic (exact) mass is 404 g/mol. The van der Waals surface area contributed by atoms with Crippen LogP contribution in [0.15, 0.2) is 27.4 Å². The van der Waals surface area contributed by atoms with Gasteiger partial charge in [-0.1, -0.05) is 0 Å². The molecule has 0 aliphatic rings. The number of nitrogens with one attached hydrogen (secondary N) is 2. The summed E-state index contributed by atoms with van der Waals surface area (Å²) in [4.78, 5) is 46.1. The fourth-order valence-electron chi connectivity index (χ4n) is 2.94. The number of aromatic hydroxyl groups is 1. The summed E-state index contributed by atoms with van der Waals surface area (Å²) < 4.78 is 5.19. The van der Waals surface area contributed by atoms with Gasteiger partial charge in [0.1, 0.15) is 11.3 Å². The summed E-state index contributed by atoms with van der Waals surface area (Å²) in [5, 5.41) is 26.0. The number of primary amides is 1. The summed E-state index contributed by atoms with van der Waals surface area (Å²) in [5.41, 5.74) is 5.46. The second-order valence-electron chi connectivity index (χ2n) is 6.55. The average Bonchev–Trinajstić information content (AvgIpc) is 2.63. The maximum Gasteiger partial charge on any atom is 0.339 e. The molecule has 2 aromatic rings. The number of carboxylic acids is 1. The Balaban J connectivity index is 2.00. The SMILES string of the molecule is Cc1c(CCC(=O)N[C@@H](CCCNC(N)=O)C(=O)[O-])c(=O)oc2cc(O)ccc12. The summed E-state index contributed by atoms with van der Waals surface area (Å²) in [6, 6.07) is 2.45. The minimum atomic E-state index is -1.45. The van der Waals surface area contributed by atoms with Gasteiger partial charge in [0.15, 0.2) is 0 Å². The maximum atomic E-state index is 12.2. The highest BCUT2D eigenvalue weighted by atomic mass is 16.4. The second-order valence-corrected chi connectivity index (χ2v) is 6.55. The Morgan fingerprint density at radius 3 is 2.69 bits per heavy atom. The van der Waals surface area contributed by atoms with Crippen LogP contribution in [0.1, 0.15) is 30.4 Å². The molecule has 1 aromatic heterocycles.